The summed E-state index contributed by atoms with van der Waals surface area (Å²) < 4.78 is 0. The van der Waals surface area contributed by atoms with Crippen LogP contribution in [0, 0.1) is 6.92 Å². The summed E-state index contributed by atoms with van der Waals surface area (Å²) in [4.78, 5) is 13.0. The molecule has 2 aromatic rings. The molecule has 1 fully saturated rings. The van der Waals surface area contributed by atoms with E-state index < -0.39 is 0 Å². The van der Waals surface area contributed by atoms with E-state index in [1.165, 1.54) is 17.3 Å². The number of benzene rings is 1. The third kappa shape index (κ3) is 3.84. The molecule has 6 heteroatoms. The molecule has 0 unspecified atom stereocenters. The third-order valence-corrected chi connectivity index (χ3v) is 5.04. The highest BCUT2D eigenvalue weighted by atomic mass is 32.2. The predicted octanol–water partition coefficient (Wildman–Crippen LogP) is 3.22. The average Bonchev–Trinajstić information content (AvgIpc) is 3.10. The van der Waals surface area contributed by atoms with Gasteiger partial charge in [0.1, 0.15) is 0 Å². The summed E-state index contributed by atoms with van der Waals surface area (Å²) in [5.74, 6) is -0.00317. The number of thioether (sulfide) groups is 1. The lowest BCUT2D eigenvalue weighted by Gasteiger charge is -2.05. The van der Waals surface area contributed by atoms with Gasteiger partial charge in [0.25, 0.3) is 0 Å². The highest BCUT2D eigenvalue weighted by Gasteiger charge is 2.30. The Bertz CT molecular complexity index is 723. The minimum atomic E-state index is -0.141. The van der Waals surface area contributed by atoms with E-state index in [0.717, 1.165) is 10.4 Å². The molecular formula is C16H15N3OS2. The van der Waals surface area contributed by atoms with Crippen molar-refractivity contribution in [2.45, 2.75) is 18.6 Å². The van der Waals surface area contributed by atoms with Crippen LogP contribution < -0.4 is 5.32 Å². The molecule has 22 heavy (non-hydrogen) atoms. The highest BCUT2D eigenvalue weighted by Crippen LogP contribution is 2.23. The molecule has 0 bridgehead atoms. The van der Waals surface area contributed by atoms with Gasteiger partial charge in [-0.2, -0.15) is 5.10 Å². The summed E-state index contributed by atoms with van der Waals surface area (Å²) in [6.45, 7) is 2.05. The standard InChI is InChI=1S/C16H15N3OS2/c1-11-4-2-5-12(8-11)9-14-15(20)18-16(22-14)19-17-10-13-6-3-7-21-13/h2-8,10,14H,9H2,1H3,(H,18,19,20)/b17-10-/t14-/m1/s1. The molecule has 1 amide bonds. The van der Waals surface area contributed by atoms with Gasteiger partial charge in [0.15, 0.2) is 5.17 Å². The molecule has 0 radical (unpaired) electrons. The fourth-order valence-corrected chi connectivity index (χ4v) is 3.69. The van der Waals surface area contributed by atoms with Crippen molar-refractivity contribution < 1.29 is 4.79 Å². The largest absolute Gasteiger partial charge is 0.303 e. The molecule has 1 aromatic carbocycles. The zero-order valence-corrected chi connectivity index (χ0v) is 13.7. The Kier molecular flexibility index (Phi) is 4.70. The lowest BCUT2D eigenvalue weighted by atomic mass is 10.1. The second-order valence-electron chi connectivity index (χ2n) is 4.95. The molecule has 1 aliphatic heterocycles. The fourth-order valence-electron chi connectivity index (χ4n) is 2.14. The molecule has 3 rings (SSSR count). The van der Waals surface area contributed by atoms with E-state index >= 15 is 0 Å². The first kappa shape index (κ1) is 15.0. The summed E-state index contributed by atoms with van der Waals surface area (Å²) in [7, 11) is 0. The lowest BCUT2D eigenvalue weighted by Crippen LogP contribution is -2.25. The molecule has 1 N–H and O–H groups in total. The van der Waals surface area contributed by atoms with Gasteiger partial charge in [-0.15, -0.1) is 16.4 Å². The van der Waals surface area contributed by atoms with Crippen LogP contribution in [0.15, 0.2) is 52.0 Å². The van der Waals surface area contributed by atoms with Crippen molar-refractivity contribution in [2.75, 3.05) is 0 Å². The molecule has 1 saturated heterocycles. The number of carbonyl (C=O) groups excluding carboxylic acids is 1. The molecule has 0 aliphatic carbocycles. The van der Waals surface area contributed by atoms with Crippen LogP contribution in [0.2, 0.25) is 0 Å². The van der Waals surface area contributed by atoms with Gasteiger partial charge in [0, 0.05) is 4.88 Å². The lowest BCUT2D eigenvalue weighted by molar-refractivity contribution is -0.118. The van der Waals surface area contributed by atoms with Crippen molar-refractivity contribution >= 4 is 40.4 Å². The first-order valence-electron chi connectivity index (χ1n) is 6.88. The van der Waals surface area contributed by atoms with Gasteiger partial charge in [-0.05, 0) is 30.4 Å². The quantitative estimate of drug-likeness (QED) is 0.692. The molecule has 0 saturated carbocycles. The first-order valence-corrected chi connectivity index (χ1v) is 8.64. The van der Waals surface area contributed by atoms with Crippen LogP contribution in [0.1, 0.15) is 16.0 Å². The van der Waals surface area contributed by atoms with E-state index in [-0.39, 0.29) is 11.2 Å². The zero-order valence-electron chi connectivity index (χ0n) is 12.0. The third-order valence-electron chi connectivity index (χ3n) is 3.16. The van der Waals surface area contributed by atoms with E-state index in [1.54, 1.807) is 17.6 Å². The van der Waals surface area contributed by atoms with Crippen LogP contribution in [0.3, 0.4) is 0 Å². The van der Waals surface area contributed by atoms with Crippen molar-refractivity contribution in [1.29, 1.82) is 0 Å². The van der Waals surface area contributed by atoms with E-state index in [0.29, 0.717) is 11.6 Å². The predicted molar refractivity (Wildman–Crippen MR) is 93.8 cm³/mol. The Morgan fingerprint density at radius 3 is 3.00 bits per heavy atom. The SMILES string of the molecule is Cc1cccc(C[C@H]2S/C(=N/N=C\c3cccs3)NC2=O)c1. The molecule has 1 atom stereocenters. The Morgan fingerprint density at radius 2 is 2.23 bits per heavy atom. The van der Waals surface area contributed by atoms with Crippen LogP contribution in [0.25, 0.3) is 0 Å². The smallest absolute Gasteiger partial charge is 0.239 e. The minimum absolute atomic E-state index is 0.00317. The Balaban J connectivity index is 1.63. The number of thiophene rings is 1. The highest BCUT2D eigenvalue weighted by molar-refractivity contribution is 8.15. The van der Waals surface area contributed by atoms with E-state index in [9.17, 15) is 4.79 Å². The molecule has 2 heterocycles. The molecule has 4 nitrogen and oxygen atoms in total. The summed E-state index contributed by atoms with van der Waals surface area (Å²) in [5, 5.41) is 13.3. The number of nitrogens with one attached hydrogen (secondary N) is 1. The maximum atomic E-state index is 12.0. The number of aryl methyl sites for hydroxylation is 1. The summed E-state index contributed by atoms with van der Waals surface area (Å²) in [6, 6.07) is 12.2. The normalized spacial score (nSPS) is 20.0. The Hall–Kier alpha value is -1.92. The van der Waals surface area contributed by atoms with Crippen LogP contribution in [-0.4, -0.2) is 22.5 Å². The molecular weight excluding hydrogens is 314 g/mol. The average molecular weight is 329 g/mol. The number of amides is 1. The van der Waals surface area contributed by atoms with Crippen LogP contribution >= 0.6 is 23.1 Å². The van der Waals surface area contributed by atoms with Crippen molar-refractivity contribution in [1.82, 2.24) is 5.32 Å². The minimum Gasteiger partial charge on any atom is -0.303 e. The number of hydrogen-bond acceptors (Lipinski definition) is 5. The van der Waals surface area contributed by atoms with Crippen molar-refractivity contribution in [2.24, 2.45) is 10.2 Å². The zero-order chi connectivity index (χ0) is 15.4. The number of hydrogen-bond donors (Lipinski definition) is 1. The first-order chi connectivity index (χ1) is 10.7. The van der Waals surface area contributed by atoms with Gasteiger partial charge in [-0.25, -0.2) is 0 Å². The molecule has 112 valence electrons. The van der Waals surface area contributed by atoms with Gasteiger partial charge in [-0.1, -0.05) is 47.7 Å². The van der Waals surface area contributed by atoms with E-state index in [4.69, 9.17) is 0 Å². The summed E-state index contributed by atoms with van der Waals surface area (Å²) in [5.41, 5.74) is 2.37. The molecule has 0 spiro atoms. The Morgan fingerprint density at radius 1 is 1.32 bits per heavy atom. The Labute approximate surface area is 137 Å². The maximum absolute atomic E-state index is 12.0. The monoisotopic (exact) mass is 329 g/mol. The van der Waals surface area contributed by atoms with Crippen LogP contribution in [0.4, 0.5) is 0 Å². The number of rotatable bonds is 4. The second-order valence-corrected chi connectivity index (χ2v) is 7.12. The van der Waals surface area contributed by atoms with E-state index in [2.05, 4.69) is 34.6 Å². The second kappa shape index (κ2) is 6.89. The van der Waals surface area contributed by atoms with Gasteiger partial charge in [-0.3, -0.25) is 4.79 Å². The fraction of sp³-hybridized carbons (Fsp3) is 0.188. The maximum Gasteiger partial charge on any atom is 0.239 e. The number of amidine groups is 1. The number of nitrogens with zero attached hydrogens (tertiary/aromatic N) is 2. The van der Waals surface area contributed by atoms with Gasteiger partial charge in [0.05, 0.1) is 11.5 Å². The van der Waals surface area contributed by atoms with Gasteiger partial charge in [0.2, 0.25) is 5.91 Å². The van der Waals surface area contributed by atoms with Crippen molar-refractivity contribution in [3.05, 3.63) is 57.8 Å². The van der Waals surface area contributed by atoms with Crippen LogP contribution in [-0.2, 0) is 11.2 Å². The van der Waals surface area contributed by atoms with E-state index in [1.807, 2.05) is 29.6 Å². The van der Waals surface area contributed by atoms with Crippen molar-refractivity contribution in [3.63, 3.8) is 0 Å². The molecule has 1 aliphatic rings. The van der Waals surface area contributed by atoms with Gasteiger partial charge < -0.3 is 5.32 Å². The summed E-state index contributed by atoms with van der Waals surface area (Å²) >= 11 is 3.03. The van der Waals surface area contributed by atoms with Gasteiger partial charge >= 0.3 is 0 Å². The topological polar surface area (TPSA) is 53.8 Å². The van der Waals surface area contributed by atoms with Crippen LogP contribution in [0.5, 0.6) is 0 Å². The van der Waals surface area contributed by atoms with Crippen molar-refractivity contribution in [3.8, 4) is 0 Å². The molecule has 1 aromatic heterocycles. The summed E-state index contributed by atoms with van der Waals surface area (Å²) in [6.07, 6.45) is 2.39. The number of carbonyl (C=O) groups is 1.